The second-order valence-corrected chi connectivity index (χ2v) is 6.39. The molecule has 1 atom stereocenters. The van der Waals surface area contributed by atoms with Gasteiger partial charge in [-0.05, 0) is 40.2 Å². The van der Waals surface area contributed by atoms with Gasteiger partial charge in [-0.2, -0.15) is 0 Å². The number of rotatable bonds is 2. The van der Waals surface area contributed by atoms with E-state index in [-0.39, 0.29) is 6.42 Å². The lowest BCUT2D eigenvalue weighted by Crippen LogP contribution is -2.36. The van der Waals surface area contributed by atoms with Crippen molar-refractivity contribution in [1.29, 1.82) is 0 Å². The molecule has 20 heavy (non-hydrogen) atoms. The summed E-state index contributed by atoms with van der Waals surface area (Å²) in [5.41, 5.74) is 0.218. The Labute approximate surface area is 132 Å². The third-order valence-corrected chi connectivity index (χ3v) is 4.36. The van der Waals surface area contributed by atoms with Gasteiger partial charge in [0.1, 0.15) is 0 Å². The van der Waals surface area contributed by atoms with Gasteiger partial charge >= 0.3 is 0 Å². The largest absolute Gasteiger partial charge is 0.375 e. The van der Waals surface area contributed by atoms with E-state index in [0.717, 1.165) is 8.95 Å². The Balaban J connectivity index is 2.09. The average Bonchev–Trinajstić information content (AvgIpc) is 2.65. The topological polar surface area (TPSA) is 62.2 Å². The number of pyridine rings is 1. The maximum absolute atomic E-state index is 12.2. The van der Waals surface area contributed by atoms with E-state index >= 15 is 0 Å². The van der Waals surface area contributed by atoms with Crippen molar-refractivity contribution in [3.8, 4) is 0 Å². The highest BCUT2D eigenvalue weighted by atomic mass is 79.9. The molecule has 1 aliphatic rings. The highest BCUT2D eigenvalue weighted by Gasteiger charge is 2.46. The van der Waals surface area contributed by atoms with Gasteiger partial charge in [0.2, 0.25) is 0 Å². The SMILES string of the molecule is O=C1Nc2c(Br)cc(Br)cc2C1(O)Cc1ccccn1. The third kappa shape index (κ3) is 2.17. The maximum atomic E-state index is 12.2. The Hall–Kier alpha value is -1.24. The molecule has 6 heteroatoms. The molecule has 0 spiro atoms. The third-order valence-electron chi connectivity index (χ3n) is 3.28. The number of aromatic nitrogens is 1. The highest BCUT2D eigenvalue weighted by molar-refractivity contribution is 9.11. The van der Waals surface area contributed by atoms with E-state index in [4.69, 9.17) is 0 Å². The first-order valence-corrected chi connectivity index (χ1v) is 7.52. The first-order chi connectivity index (χ1) is 9.50. The van der Waals surface area contributed by atoms with Crippen molar-refractivity contribution in [3.05, 3.63) is 56.7 Å². The van der Waals surface area contributed by atoms with E-state index in [1.807, 2.05) is 12.1 Å². The predicted octanol–water partition coefficient (Wildman–Crippen LogP) is 2.99. The number of amides is 1. The molecule has 3 rings (SSSR count). The Morgan fingerprint density at radius 3 is 2.80 bits per heavy atom. The van der Waals surface area contributed by atoms with Gasteiger partial charge in [0.15, 0.2) is 5.60 Å². The molecule has 4 nitrogen and oxygen atoms in total. The molecular formula is C14H10Br2N2O2. The van der Waals surface area contributed by atoms with E-state index in [0.29, 0.717) is 16.9 Å². The fraction of sp³-hybridized carbons (Fsp3) is 0.143. The molecule has 1 amide bonds. The molecular weight excluding hydrogens is 388 g/mol. The van der Waals surface area contributed by atoms with Gasteiger partial charge in [-0.25, -0.2) is 0 Å². The number of aliphatic hydroxyl groups is 1. The fourth-order valence-electron chi connectivity index (χ4n) is 2.31. The number of fused-ring (bicyclic) bond motifs is 1. The summed E-state index contributed by atoms with van der Waals surface area (Å²) >= 11 is 6.77. The van der Waals surface area contributed by atoms with Crippen LogP contribution in [0.2, 0.25) is 0 Å². The Kier molecular flexibility index (Phi) is 3.40. The summed E-state index contributed by atoms with van der Waals surface area (Å²) in [6.07, 6.45) is 1.78. The molecule has 102 valence electrons. The van der Waals surface area contributed by atoms with Gasteiger partial charge in [0.05, 0.1) is 5.69 Å². The van der Waals surface area contributed by atoms with Crippen LogP contribution in [0.15, 0.2) is 45.5 Å². The number of carbonyl (C=O) groups excluding carboxylic acids is 1. The quantitative estimate of drug-likeness (QED) is 0.818. The summed E-state index contributed by atoms with van der Waals surface area (Å²) in [5, 5.41) is 13.5. The smallest absolute Gasteiger partial charge is 0.261 e. The number of anilines is 1. The van der Waals surface area contributed by atoms with Gasteiger partial charge in [0, 0.05) is 32.8 Å². The highest BCUT2D eigenvalue weighted by Crippen LogP contribution is 2.43. The van der Waals surface area contributed by atoms with Crippen LogP contribution < -0.4 is 5.32 Å². The molecule has 2 aromatic rings. The van der Waals surface area contributed by atoms with Crippen LogP contribution in [0.25, 0.3) is 0 Å². The summed E-state index contributed by atoms with van der Waals surface area (Å²) in [4.78, 5) is 16.4. The molecule has 1 aliphatic heterocycles. The number of halogens is 2. The number of hydrogen-bond donors (Lipinski definition) is 2. The number of hydrogen-bond acceptors (Lipinski definition) is 3. The van der Waals surface area contributed by atoms with Crippen LogP contribution in [0.3, 0.4) is 0 Å². The van der Waals surface area contributed by atoms with Crippen LogP contribution in [0, 0.1) is 0 Å². The van der Waals surface area contributed by atoms with Crippen molar-refractivity contribution in [2.75, 3.05) is 5.32 Å². The van der Waals surface area contributed by atoms with Crippen LogP contribution >= 0.6 is 31.9 Å². The number of benzene rings is 1. The molecule has 0 bridgehead atoms. The summed E-state index contributed by atoms with van der Waals surface area (Å²) < 4.78 is 1.52. The maximum Gasteiger partial charge on any atom is 0.261 e. The van der Waals surface area contributed by atoms with Crippen molar-refractivity contribution in [2.45, 2.75) is 12.0 Å². The van der Waals surface area contributed by atoms with Gasteiger partial charge in [0.25, 0.3) is 5.91 Å². The number of carbonyl (C=O) groups is 1. The zero-order valence-corrected chi connectivity index (χ0v) is 13.4. The standard InChI is InChI=1S/C14H10Br2N2O2/c15-8-5-10-12(11(16)6-8)18-13(19)14(10,20)7-9-3-1-2-4-17-9/h1-6,20H,7H2,(H,18,19). The summed E-state index contributed by atoms with van der Waals surface area (Å²) in [6, 6.07) is 8.99. The second-order valence-electron chi connectivity index (χ2n) is 4.62. The van der Waals surface area contributed by atoms with Gasteiger partial charge in [-0.3, -0.25) is 9.78 Å². The lowest BCUT2D eigenvalue weighted by atomic mass is 9.90. The van der Waals surface area contributed by atoms with E-state index in [1.165, 1.54) is 0 Å². The summed E-state index contributed by atoms with van der Waals surface area (Å²) in [5.74, 6) is -0.433. The van der Waals surface area contributed by atoms with Crippen molar-refractivity contribution in [2.24, 2.45) is 0 Å². The lowest BCUT2D eigenvalue weighted by Gasteiger charge is -2.20. The monoisotopic (exact) mass is 396 g/mol. The average molecular weight is 398 g/mol. The van der Waals surface area contributed by atoms with Crippen LogP contribution in [0.1, 0.15) is 11.3 Å². The lowest BCUT2D eigenvalue weighted by molar-refractivity contribution is -0.133. The first kappa shape index (κ1) is 13.7. The zero-order valence-electron chi connectivity index (χ0n) is 10.2. The van der Waals surface area contributed by atoms with E-state index in [1.54, 1.807) is 24.4 Å². The molecule has 0 saturated carbocycles. The minimum absolute atomic E-state index is 0.134. The van der Waals surface area contributed by atoms with Crippen LogP contribution in [0.5, 0.6) is 0 Å². The minimum Gasteiger partial charge on any atom is -0.375 e. The second kappa shape index (κ2) is 4.95. The molecule has 0 fully saturated rings. The Morgan fingerprint density at radius 1 is 1.30 bits per heavy atom. The molecule has 0 saturated heterocycles. The molecule has 0 aliphatic carbocycles. The van der Waals surface area contributed by atoms with E-state index in [9.17, 15) is 9.90 Å². The summed E-state index contributed by atoms with van der Waals surface area (Å²) in [6.45, 7) is 0. The Bertz CT molecular complexity index is 691. The van der Waals surface area contributed by atoms with Crippen LogP contribution in [0.4, 0.5) is 5.69 Å². The number of nitrogens with one attached hydrogen (secondary N) is 1. The van der Waals surface area contributed by atoms with E-state index in [2.05, 4.69) is 42.2 Å². The summed E-state index contributed by atoms with van der Waals surface area (Å²) in [7, 11) is 0. The first-order valence-electron chi connectivity index (χ1n) is 5.94. The van der Waals surface area contributed by atoms with Gasteiger partial charge in [-0.1, -0.05) is 22.0 Å². The van der Waals surface area contributed by atoms with Crippen LogP contribution in [-0.4, -0.2) is 16.0 Å². The van der Waals surface area contributed by atoms with Crippen LogP contribution in [-0.2, 0) is 16.8 Å². The zero-order chi connectivity index (χ0) is 14.3. The molecule has 2 N–H and O–H groups in total. The Morgan fingerprint density at radius 2 is 2.10 bits per heavy atom. The minimum atomic E-state index is -1.60. The fourth-order valence-corrected chi connectivity index (χ4v) is 3.63. The normalized spacial score (nSPS) is 20.6. The molecule has 1 aromatic heterocycles. The molecule has 0 radical (unpaired) electrons. The van der Waals surface area contributed by atoms with Crippen molar-refractivity contribution >= 4 is 43.5 Å². The van der Waals surface area contributed by atoms with Crippen molar-refractivity contribution in [3.63, 3.8) is 0 Å². The molecule has 2 heterocycles. The number of nitrogens with zero attached hydrogens (tertiary/aromatic N) is 1. The molecule has 1 unspecified atom stereocenters. The predicted molar refractivity (Wildman–Crippen MR) is 82.3 cm³/mol. The van der Waals surface area contributed by atoms with Gasteiger partial charge in [-0.15, -0.1) is 0 Å². The van der Waals surface area contributed by atoms with Crippen molar-refractivity contribution in [1.82, 2.24) is 4.98 Å². The van der Waals surface area contributed by atoms with Crippen molar-refractivity contribution < 1.29 is 9.90 Å². The van der Waals surface area contributed by atoms with E-state index < -0.39 is 11.5 Å². The van der Waals surface area contributed by atoms with Gasteiger partial charge < -0.3 is 10.4 Å². The molecule has 1 aromatic carbocycles.